The van der Waals surface area contributed by atoms with Crippen molar-refractivity contribution >= 4 is 6.29 Å². The number of hydrogen-bond donors (Lipinski definition) is 1. The molecular weight excluding hydrogens is 162 g/mol. The number of hydrogen-bond acceptors (Lipinski definition) is 2. The van der Waals surface area contributed by atoms with Gasteiger partial charge >= 0.3 is 0 Å². The second-order valence-electron chi connectivity index (χ2n) is 3.04. The van der Waals surface area contributed by atoms with Gasteiger partial charge in [0.25, 0.3) is 0 Å². The van der Waals surface area contributed by atoms with Crippen LogP contribution in [0.2, 0.25) is 0 Å². The largest absolute Gasteiger partial charge is 0.310 e. The monoisotopic (exact) mass is 177 g/mol. The molecule has 0 aliphatic rings. The van der Waals surface area contributed by atoms with Gasteiger partial charge in [0.1, 0.15) is 6.29 Å². The molecule has 1 rings (SSSR count). The number of benzene rings is 1. The molecular formula is C11H15NO. The van der Waals surface area contributed by atoms with Gasteiger partial charge in [-0.25, -0.2) is 0 Å². The van der Waals surface area contributed by atoms with E-state index >= 15 is 0 Å². The average molecular weight is 177 g/mol. The third-order valence-electron chi connectivity index (χ3n) is 2.01. The van der Waals surface area contributed by atoms with Crippen LogP contribution in [0.3, 0.4) is 0 Å². The topological polar surface area (TPSA) is 29.1 Å². The molecule has 0 aliphatic heterocycles. The van der Waals surface area contributed by atoms with Crippen molar-refractivity contribution in [2.75, 3.05) is 6.54 Å². The fourth-order valence-electron chi connectivity index (χ4n) is 1.22. The second-order valence-corrected chi connectivity index (χ2v) is 3.04. The quantitative estimate of drug-likeness (QED) is 0.550. The van der Waals surface area contributed by atoms with E-state index in [2.05, 4.69) is 24.4 Å². The Kier molecular flexibility index (Phi) is 4.19. The summed E-state index contributed by atoms with van der Waals surface area (Å²) in [5.74, 6) is 0. The molecule has 2 nitrogen and oxygen atoms in total. The van der Waals surface area contributed by atoms with Crippen molar-refractivity contribution in [2.45, 2.75) is 19.4 Å². The summed E-state index contributed by atoms with van der Waals surface area (Å²) in [4.78, 5) is 10.1. The Morgan fingerprint density at radius 2 is 2.08 bits per heavy atom. The molecule has 1 unspecified atom stereocenters. The first kappa shape index (κ1) is 9.93. The zero-order valence-corrected chi connectivity index (χ0v) is 7.86. The van der Waals surface area contributed by atoms with E-state index in [4.69, 9.17) is 0 Å². The zero-order valence-electron chi connectivity index (χ0n) is 7.86. The summed E-state index contributed by atoms with van der Waals surface area (Å²) in [7, 11) is 0. The highest BCUT2D eigenvalue weighted by molar-refractivity contribution is 5.49. The number of aldehydes is 1. The normalized spacial score (nSPS) is 12.4. The third kappa shape index (κ3) is 3.38. The van der Waals surface area contributed by atoms with Gasteiger partial charge in [0.05, 0.1) is 0 Å². The summed E-state index contributed by atoms with van der Waals surface area (Å²) in [6.07, 6.45) is 1.52. The van der Waals surface area contributed by atoms with Crippen molar-refractivity contribution in [3.8, 4) is 0 Å². The van der Waals surface area contributed by atoms with Crippen LogP contribution in [0, 0.1) is 0 Å². The van der Waals surface area contributed by atoms with E-state index in [1.54, 1.807) is 0 Å². The molecule has 0 fully saturated rings. The maximum atomic E-state index is 10.1. The number of nitrogens with one attached hydrogen (secondary N) is 1. The third-order valence-corrected chi connectivity index (χ3v) is 2.01. The van der Waals surface area contributed by atoms with Gasteiger partial charge in [-0.3, -0.25) is 0 Å². The van der Waals surface area contributed by atoms with Crippen LogP contribution in [0.4, 0.5) is 0 Å². The minimum Gasteiger partial charge on any atom is -0.310 e. The van der Waals surface area contributed by atoms with Gasteiger partial charge in [-0.2, -0.15) is 0 Å². The van der Waals surface area contributed by atoms with E-state index in [9.17, 15) is 4.79 Å². The van der Waals surface area contributed by atoms with Gasteiger partial charge < -0.3 is 10.1 Å². The van der Waals surface area contributed by atoms with Crippen LogP contribution in [0.15, 0.2) is 30.3 Å². The summed E-state index contributed by atoms with van der Waals surface area (Å²) in [5.41, 5.74) is 1.26. The minimum absolute atomic E-state index is 0.321. The van der Waals surface area contributed by atoms with Gasteiger partial charge in [0.15, 0.2) is 0 Å². The standard InChI is InChI=1S/C11H15NO/c1-10(12-8-5-9-13)11-6-3-2-4-7-11/h2-4,6-7,9-10,12H,5,8H2,1H3. The molecule has 1 aromatic carbocycles. The Labute approximate surface area is 79.0 Å². The highest BCUT2D eigenvalue weighted by Gasteiger charge is 2.01. The summed E-state index contributed by atoms with van der Waals surface area (Å²) >= 11 is 0. The molecule has 1 N–H and O–H groups in total. The molecule has 0 saturated carbocycles. The van der Waals surface area contributed by atoms with Crippen molar-refractivity contribution in [3.05, 3.63) is 35.9 Å². The first-order chi connectivity index (χ1) is 6.34. The molecule has 0 heterocycles. The summed E-state index contributed by atoms with van der Waals surface area (Å²) < 4.78 is 0. The lowest BCUT2D eigenvalue weighted by molar-refractivity contribution is -0.107. The van der Waals surface area contributed by atoms with Crippen LogP contribution >= 0.6 is 0 Å². The Balaban J connectivity index is 2.39. The van der Waals surface area contributed by atoms with E-state index in [-0.39, 0.29) is 0 Å². The SMILES string of the molecule is CC(NCCC=O)c1ccccc1. The predicted molar refractivity (Wildman–Crippen MR) is 53.5 cm³/mol. The second kappa shape index (κ2) is 5.49. The molecule has 0 amide bonds. The van der Waals surface area contributed by atoms with E-state index in [1.165, 1.54) is 5.56 Å². The molecule has 0 radical (unpaired) electrons. The number of carbonyl (C=O) groups is 1. The zero-order chi connectivity index (χ0) is 9.52. The number of rotatable bonds is 5. The van der Waals surface area contributed by atoms with Crippen LogP contribution in [-0.4, -0.2) is 12.8 Å². The minimum atomic E-state index is 0.321. The fraction of sp³-hybridized carbons (Fsp3) is 0.364. The summed E-state index contributed by atoms with van der Waals surface area (Å²) in [6.45, 7) is 2.85. The van der Waals surface area contributed by atoms with Crippen molar-refractivity contribution in [3.63, 3.8) is 0 Å². The smallest absolute Gasteiger partial charge is 0.121 e. The Morgan fingerprint density at radius 1 is 1.38 bits per heavy atom. The van der Waals surface area contributed by atoms with Crippen LogP contribution in [-0.2, 0) is 4.79 Å². The van der Waals surface area contributed by atoms with Gasteiger partial charge in [0.2, 0.25) is 0 Å². The van der Waals surface area contributed by atoms with Crippen LogP contribution in [0.25, 0.3) is 0 Å². The maximum absolute atomic E-state index is 10.1. The lowest BCUT2D eigenvalue weighted by atomic mass is 10.1. The average Bonchev–Trinajstić information content (AvgIpc) is 2.19. The van der Waals surface area contributed by atoms with Crippen molar-refractivity contribution in [1.29, 1.82) is 0 Å². The van der Waals surface area contributed by atoms with E-state index in [0.717, 1.165) is 12.8 Å². The molecule has 13 heavy (non-hydrogen) atoms. The Hall–Kier alpha value is -1.15. The van der Waals surface area contributed by atoms with Gasteiger partial charge in [-0.1, -0.05) is 30.3 Å². The molecule has 0 aliphatic carbocycles. The fourth-order valence-corrected chi connectivity index (χ4v) is 1.22. The maximum Gasteiger partial charge on any atom is 0.121 e. The van der Waals surface area contributed by atoms with Crippen molar-refractivity contribution < 1.29 is 4.79 Å². The predicted octanol–water partition coefficient (Wildman–Crippen LogP) is 1.93. The van der Waals surface area contributed by atoms with E-state index < -0.39 is 0 Å². The molecule has 70 valence electrons. The molecule has 1 aromatic rings. The van der Waals surface area contributed by atoms with Gasteiger partial charge in [0, 0.05) is 19.0 Å². The van der Waals surface area contributed by atoms with Crippen LogP contribution < -0.4 is 5.32 Å². The van der Waals surface area contributed by atoms with E-state index in [1.807, 2.05) is 18.2 Å². The van der Waals surface area contributed by atoms with Crippen LogP contribution in [0.1, 0.15) is 24.9 Å². The molecule has 0 spiro atoms. The lowest BCUT2D eigenvalue weighted by Crippen LogP contribution is -2.19. The first-order valence-electron chi connectivity index (χ1n) is 4.56. The van der Waals surface area contributed by atoms with Crippen molar-refractivity contribution in [1.82, 2.24) is 5.32 Å². The molecule has 0 saturated heterocycles. The van der Waals surface area contributed by atoms with Gasteiger partial charge in [-0.15, -0.1) is 0 Å². The highest BCUT2D eigenvalue weighted by Crippen LogP contribution is 2.10. The highest BCUT2D eigenvalue weighted by atomic mass is 16.1. The van der Waals surface area contributed by atoms with Gasteiger partial charge in [-0.05, 0) is 12.5 Å². The summed E-state index contributed by atoms with van der Waals surface area (Å²) in [5, 5.41) is 3.27. The number of carbonyl (C=O) groups excluding carboxylic acids is 1. The Bertz CT molecular complexity index is 246. The van der Waals surface area contributed by atoms with E-state index in [0.29, 0.717) is 12.5 Å². The lowest BCUT2D eigenvalue weighted by Gasteiger charge is -2.12. The summed E-state index contributed by atoms with van der Waals surface area (Å²) in [6, 6.07) is 10.5. The molecule has 0 bridgehead atoms. The first-order valence-corrected chi connectivity index (χ1v) is 4.56. The van der Waals surface area contributed by atoms with Crippen LogP contribution in [0.5, 0.6) is 0 Å². The Morgan fingerprint density at radius 3 is 2.69 bits per heavy atom. The molecule has 1 atom stereocenters. The van der Waals surface area contributed by atoms with Crippen molar-refractivity contribution in [2.24, 2.45) is 0 Å². The molecule has 2 heteroatoms. The molecule has 0 aromatic heterocycles.